The van der Waals surface area contributed by atoms with Crippen molar-refractivity contribution < 1.29 is 9.18 Å². The summed E-state index contributed by atoms with van der Waals surface area (Å²) in [4.78, 5) is 20.6. The Balaban J connectivity index is 1.72. The second-order valence-corrected chi connectivity index (χ2v) is 6.38. The topological polar surface area (TPSA) is 72.2 Å². The van der Waals surface area contributed by atoms with Crippen molar-refractivity contribution in [1.82, 2.24) is 19.6 Å². The van der Waals surface area contributed by atoms with E-state index >= 15 is 0 Å². The molecule has 8 heteroatoms. The predicted molar refractivity (Wildman–Crippen MR) is 93.2 cm³/mol. The Morgan fingerprint density at radius 2 is 2.08 bits per heavy atom. The van der Waals surface area contributed by atoms with Crippen LogP contribution in [-0.2, 0) is 0 Å². The SMILES string of the molecule is Cc1nc(C(=O)Nc2cnc3ccc(-c4ccccc4F)nn23)cs1. The summed E-state index contributed by atoms with van der Waals surface area (Å²) < 4.78 is 15.5. The number of nitrogens with zero attached hydrogens (tertiary/aromatic N) is 4. The third-order valence-corrected chi connectivity index (χ3v) is 4.38. The third kappa shape index (κ3) is 2.87. The first-order valence-electron chi connectivity index (χ1n) is 7.45. The van der Waals surface area contributed by atoms with Crippen LogP contribution < -0.4 is 5.32 Å². The van der Waals surface area contributed by atoms with Crippen molar-refractivity contribution in [2.45, 2.75) is 6.92 Å². The number of hydrogen-bond donors (Lipinski definition) is 1. The fourth-order valence-corrected chi connectivity index (χ4v) is 3.01. The van der Waals surface area contributed by atoms with E-state index in [0.717, 1.165) is 5.01 Å². The minimum Gasteiger partial charge on any atom is -0.304 e. The van der Waals surface area contributed by atoms with Gasteiger partial charge in [0.15, 0.2) is 11.5 Å². The zero-order valence-corrected chi connectivity index (χ0v) is 13.9. The molecule has 0 atom stereocenters. The molecule has 0 saturated heterocycles. The molecule has 0 fully saturated rings. The fourth-order valence-electron chi connectivity index (χ4n) is 2.42. The lowest BCUT2D eigenvalue weighted by molar-refractivity contribution is 0.102. The maximum Gasteiger partial charge on any atom is 0.276 e. The molecule has 1 N–H and O–H groups in total. The van der Waals surface area contributed by atoms with Crippen LogP contribution in [0.5, 0.6) is 0 Å². The van der Waals surface area contributed by atoms with E-state index in [2.05, 4.69) is 20.4 Å². The van der Waals surface area contributed by atoms with Crippen molar-refractivity contribution in [2.75, 3.05) is 5.32 Å². The van der Waals surface area contributed by atoms with Crippen molar-refractivity contribution in [3.05, 3.63) is 64.5 Å². The lowest BCUT2D eigenvalue weighted by Crippen LogP contribution is -2.14. The van der Waals surface area contributed by atoms with Gasteiger partial charge in [0, 0.05) is 10.9 Å². The van der Waals surface area contributed by atoms with Crippen LogP contribution in [0.2, 0.25) is 0 Å². The number of halogens is 1. The number of carbonyl (C=O) groups excluding carboxylic acids is 1. The molecule has 0 saturated carbocycles. The van der Waals surface area contributed by atoms with Crippen LogP contribution in [0.15, 0.2) is 48.0 Å². The van der Waals surface area contributed by atoms with Crippen LogP contribution in [0.4, 0.5) is 10.2 Å². The molecule has 3 heterocycles. The van der Waals surface area contributed by atoms with Crippen molar-refractivity contribution in [3.63, 3.8) is 0 Å². The van der Waals surface area contributed by atoms with Crippen molar-refractivity contribution in [2.24, 2.45) is 0 Å². The van der Waals surface area contributed by atoms with Crippen LogP contribution in [-0.4, -0.2) is 25.5 Å². The second kappa shape index (κ2) is 6.06. The summed E-state index contributed by atoms with van der Waals surface area (Å²) in [6, 6.07) is 9.80. The number of imidazole rings is 1. The van der Waals surface area contributed by atoms with Crippen molar-refractivity contribution in [3.8, 4) is 11.3 Å². The highest BCUT2D eigenvalue weighted by atomic mass is 32.1. The summed E-state index contributed by atoms with van der Waals surface area (Å²) in [5.41, 5.74) is 1.71. The number of nitrogens with one attached hydrogen (secondary N) is 1. The van der Waals surface area contributed by atoms with Crippen LogP contribution in [0.25, 0.3) is 16.9 Å². The zero-order chi connectivity index (χ0) is 17.4. The number of anilines is 1. The lowest BCUT2D eigenvalue weighted by atomic mass is 10.1. The molecule has 0 aliphatic heterocycles. The Hall–Kier alpha value is -3.13. The van der Waals surface area contributed by atoms with Gasteiger partial charge in [-0.1, -0.05) is 12.1 Å². The Labute approximate surface area is 146 Å². The molecule has 6 nitrogen and oxygen atoms in total. The van der Waals surface area contributed by atoms with Crippen LogP contribution in [0.1, 0.15) is 15.5 Å². The van der Waals surface area contributed by atoms with Crippen LogP contribution >= 0.6 is 11.3 Å². The number of amides is 1. The number of benzene rings is 1. The first-order chi connectivity index (χ1) is 12.1. The molecule has 4 aromatic rings. The average Bonchev–Trinajstić information content (AvgIpc) is 3.22. The average molecular weight is 353 g/mol. The number of fused-ring (bicyclic) bond motifs is 1. The van der Waals surface area contributed by atoms with Gasteiger partial charge in [-0.2, -0.15) is 9.61 Å². The van der Waals surface area contributed by atoms with Gasteiger partial charge in [0.25, 0.3) is 5.91 Å². The molecule has 4 rings (SSSR count). The zero-order valence-electron chi connectivity index (χ0n) is 13.1. The summed E-state index contributed by atoms with van der Waals surface area (Å²) in [5.74, 6) is -0.314. The number of thiazole rings is 1. The Kier molecular flexibility index (Phi) is 3.73. The second-order valence-electron chi connectivity index (χ2n) is 5.32. The Morgan fingerprint density at radius 3 is 2.84 bits per heavy atom. The van der Waals surface area contributed by atoms with Crippen LogP contribution in [0, 0.1) is 12.7 Å². The lowest BCUT2D eigenvalue weighted by Gasteiger charge is -2.06. The summed E-state index contributed by atoms with van der Waals surface area (Å²) in [7, 11) is 0. The molecule has 25 heavy (non-hydrogen) atoms. The van der Waals surface area contributed by atoms with E-state index in [9.17, 15) is 9.18 Å². The van der Waals surface area contributed by atoms with Gasteiger partial charge in [0.1, 0.15) is 11.5 Å². The first kappa shape index (κ1) is 15.4. The number of hydrogen-bond acceptors (Lipinski definition) is 5. The maximum absolute atomic E-state index is 14.0. The summed E-state index contributed by atoms with van der Waals surface area (Å²) in [6.07, 6.45) is 1.50. The van der Waals surface area contributed by atoms with E-state index in [1.807, 2.05) is 6.92 Å². The maximum atomic E-state index is 14.0. The molecular formula is C17H12FN5OS. The highest BCUT2D eigenvalue weighted by Crippen LogP contribution is 2.22. The minimum atomic E-state index is -0.363. The number of rotatable bonds is 3. The molecule has 0 unspecified atom stereocenters. The molecule has 0 radical (unpaired) electrons. The van der Waals surface area contributed by atoms with Gasteiger partial charge in [-0.15, -0.1) is 11.3 Å². The van der Waals surface area contributed by atoms with E-state index < -0.39 is 0 Å². The monoisotopic (exact) mass is 353 g/mol. The summed E-state index contributed by atoms with van der Waals surface area (Å²) >= 11 is 1.40. The Bertz CT molecular complexity index is 1090. The standard InChI is InChI=1S/C17H12FN5OS/c1-10-20-14(9-25-10)17(24)21-16-8-19-15-7-6-13(22-23(15)16)11-4-2-3-5-12(11)18/h2-9H,1H3,(H,21,24). The summed E-state index contributed by atoms with van der Waals surface area (Å²) in [5, 5.41) is 9.63. The van der Waals surface area contributed by atoms with Gasteiger partial charge in [-0.25, -0.2) is 14.4 Å². The largest absolute Gasteiger partial charge is 0.304 e. The first-order valence-corrected chi connectivity index (χ1v) is 8.33. The van der Waals surface area contributed by atoms with E-state index in [0.29, 0.717) is 28.4 Å². The number of aryl methyl sites for hydroxylation is 1. The fraction of sp³-hybridized carbons (Fsp3) is 0.0588. The molecule has 124 valence electrons. The molecule has 3 aromatic heterocycles. The third-order valence-electron chi connectivity index (χ3n) is 3.61. The van der Waals surface area contributed by atoms with Crippen molar-refractivity contribution >= 4 is 28.7 Å². The quantitative estimate of drug-likeness (QED) is 0.611. The number of carbonyl (C=O) groups is 1. The van der Waals surface area contributed by atoms with E-state index in [4.69, 9.17) is 0 Å². The normalized spacial score (nSPS) is 11.0. The molecule has 1 amide bonds. The van der Waals surface area contributed by atoms with Gasteiger partial charge in [-0.3, -0.25) is 4.79 Å². The predicted octanol–water partition coefficient (Wildman–Crippen LogP) is 3.55. The van der Waals surface area contributed by atoms with Gasteiger partial charge < -0.3 is 5.32 Å². The van der Waals surface area contributed by atoms with E-state index in [1.54, 1.807) is 35.7 Å². The molecule has 0 bridgehead atoms. The van der Waals surface area contributed by atoms with Crippen molar-refractivity contribution in [1.29, 1.82) is 0 Å². The molecule has 1 aromatic carbocycles. The highest BCUT2D eigenvalue weighted by Gasteiger charge is 2.14. The molecule has 0 aliphatic rings. The molecule has 0 aliphatic carbocycles. The van der Waals surface area contributed by atoms with E-state index in [1.165, 1.54) is 28.1 Å². The summed E-state index contributed by atoms with van der Waals surface area (Å²) in [6.45, 7) is 1.83. The molecular weight excluding hydrogens is 341 g/mol. The van der Waals surface area contributed by atoms with Gasteiger partial charge in [-0.05, 0) is 31.2 Å². The minimum absolute atomic E-state index is 0.336. The molecule has 0 spiro atoms. The highest BCUT2D eigenvalue weighted by molar-refractivity contribution is 7.09. The van der Waals surface area contributed by atoms with E-state index in [-0.39, 0.29) is 11.7 Å². The van der Waals surface area contributed by atoms with Crippen LogP contribution in [0.3, 0.4) is 0 Å². The van der Waals surface area contributed by atoms with Gasteiger partial charge >= 0.3 is 0 Å². The van der Waals surface area contributed by atoms with Gasteiger partial charge in [0.05, 0.1) is 16.9 Å². The number of aromatic nitrogens is 4. The van der Waals surface area contributed by atoms with Gasteiger partial charge in [0.2, 0.25) is 0 Å². The smallest absolute Gasteiger partial charge is 0.276 e. The Morgan fingerprint density at radius 1 is 1.24 bits per heavy atom.